The Kier molecular flexibility index (Phi) is 3.82. The summed E-state index contributed by atoms with van der Waals surface area (Å²) in [5, 5.41) is 5.50. The molecule has 1 aliphatic rings. The summed E-state index contributed by atoms with van der Waals surface area (Å²) in [4.78, 5) is 16.0. The average molecular weight is 252 g/mol. The van der Waals surface area contributed by atoms with Crippen molar-refractivity contribution in [2.24, 2.45) is 5.41 Å². The van der Waals surface area contributed by atoms with Gasteiger partial charge >= 0.3 is 0 Å². The topological polar surface area (TPSA) is 42.0 Å². The molecule has 1 aromatic rings. The van der Waals surface area contributed by atoms with Crippen molar-refractivity contribution < 1.29 is 4.79 Å². The third kappa shape index (κ3) is 2.86. The van der Waals surface area contributed by atoms with Gasteiger partial charge in [0.2, 0.25) is 0 Å². The van der Waals surface area contributed by atoms with E-state index < -0.39 is 0 Å². The molecule has 1 saturated carbocycles. The van der Waals surface area contributed by atoms with Gasteiger partial charge in [-0.05, 0) is 25.2 Å². The van der Waals surface area contributed by atoms with Crippen molar-refractivity contribution in [2.75, 3.05) is 0 Å². The summed E-state index contributed by atoms with van der Waals surface area (Å²) in [7, 11) is 0. The number of nitrogens with zero attached hydrogens (tertiary/aromatic N) is 1. The fraction of sp³-hybridized carbons (Fsp3) is 0.692. The molecule has 1 amide bonds. The molecule has 1 aromatic heterocycles. The highest BCUT2D eigenvalue weighted by molar-refractivity contribution is 7.11. The lowest BCUT2D eigenvalue weighted by molar-refractivity contribution is 0.0857. The molecule has 0 aromatic carbocycles. The van der Waals surface area contributed by atoms with E-state index in [2.05, 4.69) is 24.1 Å². The Hall–Kier alpha value is -0.900. The third-order valence-corrected chi connectivity index (χ3v) is 4.79. The van der Waals surface area contributed by atoms with Crippen LogP contribution in [-0.2, 0) is 0 Å². The minimum absolute atomic E-state index is 0.0284. The van der Waals surface area contributed by atoms with Crippen LogP contribution in [0, 0.1) is 5.41 Å². The number of hydrogen-bond acceptors (Lipinski definition) is 3. The summed E-state index contributed by atoms with van der Waals surface area (Å²) >= 11 is 1.40. The van der Waals surface area contributed by atoms with E-state index in [-0.39, 0.29) is 17.4 Å². The number of thiazole rings is 1. The third-order valence-electron chi connectivity index (χ3n) is 4.02. The van der Waals surface area contributed by atoms with Crippen molar-refractivity contribution in [3.05, 3.63) is 16.6 Å². The molecule has 1 fully saturated rings. The molecular formula is C13H20N2OS. The van der Waals surface area contributed by atoms with Gasteiger partial charge in [0.25, 0.3) is 5.91 Å². The molecule has 3 nitrogen and oxygen atoms in total. The molecule has 1 aliphatic carbocycles. The maximum Gasteiger partial charge on any atom is 0.280 e. The standard InChI is InChI=1S/C13H20N2OS/c1-10(13(2)6-4-3-5-7-13)15-11(16)12-14-8-9-17-12/h8-10H,3-7H2,1-2H3,(H,15,16). The van der Waals surface area contributed by atoms with E-state index in [1.54, 1.807) is 6.20 Å². The zero-order valence-corrected chi connectivity index (χ0v) is 11.3. The first-order chi connectivity index (χ1) is 8.12. The summed E-state index contributed by atoms with van der Waals surface area (Å²) in [6.45, 7) is 4.41. The zero-order valence-electron chi connectivity index (χ0n) is 10.5. The number of amides is 1. The molecule has 0 aliphatic heterocycles. The van der Waals surface area contributed by atoms with Crippen molar-refractivity contribution in [3.8, 4) is 0 Å². The van der Waals surface area contributed by atoms with Crippen molar-refractivity contribution in [2.45, 2.75) is 52.0 Å². The van der Waals surface area contributed by atoms with Gasteiger partial charge in [-0.3, -0.25) is 4.79 Å². The predicted octanol–water partition coefficient (Wildman–Crippen LogP) is 3.23. The first-order valence-electron chi connectivity index (χ1n) is 6.32. The highest BCUT2D eigenvalue weighted by Gasteiger charge is 2.33. The highest BCUT2D eigenvalue weighted by atomic mass is 32.1. The van der Waals surface area contributed by atoms with Crippen molar-refractivity contribution >= 4 is 17.2 Å². The lowest BCUT2D eigenvalue weighted by Crippen LogP contribution is -2.45. The van der Waals surface area contributed by atoms with Gasteiger partial charge in [0.05, 0.1) is 0 Å². The summed E-state index contributed by atoms with van der Waals surface area (Å²) in [5.74, 6) is -0.0284. The average Bonchev–Trinajstić information content (AvgIpc) is 2.83. The van der Waals surface area contributed by atoms with Crippen LogP contribution in [0.4, 0.5) is 0 Å². The van der Waals surface area contributed by atoms with Crippen LogP contribution in [0.3, 0.4) is 0 Å². The number of aromatic nitrogens is 1. The molecule has 1 atom stereocenters. The Balaban J connectivity index is 1.96. The Morgan fingerprint density at radius 1 is 1.47 bits per heavy atom. The van der Waals surface area contributed by atoms with E-state index in [0.29, 0.717) is 5.01 Å². The Morgan fingerprint density at radius 3 is 2.76 bits per heavy atom. The predicted molar refractivity (Wildman–Crippen MR) is 70.2 cm³/mol. The molecule has 0 saturated heterocycles. The van der Waals surface area contributed by atoms with Crippen molar-refractivity contribution in [3.63, 3.8) is 0 Å². The number of rotatable bonds is 3. The van der Waals surface area contributed by atoms with Crippen LogP contribution in [0.15, 0.2) is 11.6 Å². The van der Waals surface area contributed by atoms with Crippen molar-refractivity contribution in [1.82, 2.24) is 10.3 Å². The molecule has 1 heterocycles. The summed E-state index contributed by atoms with van der Waals surface area (Å²) in [5.41, 5.74) is 0.255. The molecular weight excluding hydrogens is 232 g/mol. The number of carbonyl (C=O) groups excluding carboxylic acids is 1. The molecule has 94 valence electrons. The number of hydrogen-bond donors (Lipinski definition) is 1. The first-order valence-corrected chi connectivity index (χ1v) is 7.20. The van der Waals surface area contributed by atoms with Gasteiger partial charge in [0.15, 0.2) is 5.01 Å². The van der Waals surface area contributed by atoms with Crippen LogP contribution < -0.4 is 5.32 Å². The van der Waals surface area contributed by atoms with Crippen LogP contribution in [-0.4, -0.2) is 16.9 Å². The van der Waals surface area contributed by atoms with E-state index in [9.17, 15) is 4.79 Å². The first kappa shape index (κ1) is 12.6. The van der Waals surface area contributed by atoms with Gasteiger partial charge in [-0.2, -0.15) is 0 Å². The van der Waals surface area contributed by atoms with Gasteiger partial charge in [-0.15, -0.1) is 11.3 Å². The summed E-state index contributed by atoms with van der Waals surface area (Å²) in [6, 6.07) is 0.221. The van der Waals surface area contributed by atoms with Crippen LogP contribution in [0.25, 0.3) is 0 Å². The molecule has 0 bridgehead atoms. The van der Waals surface area contributed by atoms with Gasteiger partial charge in [-0.25, -0.2) is 4.98 Å². The van der Waals surface area contributed by atoms with E-state index in [0.717, 1.165) is 0 Å². The fourth-order valence-corrected chi connectivity index (χ4v) is 3.10. The summed E-state index contributed by atoms with van der Waals surface area (Å²) in [6.07, 6.45) is 8.01. The van der Waals surface area contributed by atoms with E-state index in [1.807, 2.05) is 5.38 Å². The monoisotopic (exact) mass is 252 g/mol. The number of carbonyl (C=O) groups is 1. The Bertz CT molecular complexity index is 369. The van der Waals surface area contributed by atoms with E-state index in [4.69, 9.17) is 0 Å². The molecule has 1 N–H and O–H groups in total. The van der Waals surface area contributed by atoms with Gasteiger partial charge in [0, 0.05) is 17.6 Å². The normalized spacial score (nSPS) is 20.8. The lowest BCUT2D eigenvalue weighted by Gasteiger charge is -2.39. The fourth-order valence-electron chi connectivity index (χ4n) is 2.56. The maximum atomic E-state index is 11.9. The van der Waals surface area contributed by atoms with Crippen LogP contribution >= 0.6 is 11.3 Å². The Morgan fingerprint density at radius 2 is 2.18 bits per heavy atom. The van der Waals surface area contributed by atoms with Crippen LogP contribution in [0.2, 0.25) is 0 Å². The summed E-state index contributed by atoms with van der Waals surface area (Å²) < 4.78 is 0. The van der Waals surface area contributed by atoms with Gasteiger partial charge in [-0.1, -0.05) is 26.2 Å². The second kappa shape index (κ2) is 5.17. The molecule has 2 rings (SSSR count). The van der Waals surface area contributed by atoms with Gasteiger partial charge < -0.3 is 5.32 Å². The molecule has 1 unspecified atom stereocenters. The van der Waals surface area contributed by atoms with E-state index in [1.165, 1.54) is 43.4 Å². The minimum atomic E-state index is -0.0284. The maximum absolute atomic E-state index is 11.9. The second-order valence-corrected chi connectivity index (χ2v) is 6.14. The van der Waals surface area contributed by atoms with Crippen LogP contribution in [0.5, 0.6) is 0 Å². The van der Waals surface area contributed by atoms with Crippen molar-refractivity contribution in [1.29, 1.82) is 0 Å². The molecule has 17 heavy (non-hydrogen) atoms. The Labute approximate surface area is 107 Å². The molecule has 0 radical (unpaired) electrons. The highest BCUT2D eigenvalue weighted by Crippen LogP contribution is 2.38. The van der Waals surface area contributed by atoms with Crippen LogP contribution in [0.1, 0.15) is 55.8 Å². The lowest BCUT2D eigenvalue weighted by atomic mass is 9.71. The zero-order chi connectivity index (χ0) is 12.3. The number of nitrogens with one attached hydrogen (secondary N) is 1. The SMILES string of the molecule is CC(NC(=O)c1nccs1)C1(C)CCCCC1. The minimum Gasteiger partial charge on any atom is -0.347 e. The molecule has 4 heteroatoms. The smallest absolute Gasteiger partial charge is 0.280 e. The largest absolute Gasteiger partial charge is 0.347 e. The van der Waals surface area contributed by atoms with Gasteiger partial charge in [0.1, 0.15) is 0 Å². The second-order valence-electron chi connectivity index (χ2n) is 5.25. The quantitative estimate of drug-likeness (QED) is 0.897. The molecule has 0 spiro atoms. The van der Waals surface area contributed by atoms with E-state index >= 15 is 0 Å².